The molecular formula is C23H27N3O3. The van der Waals surface area contributed by atoms with Gasteiger partial charge in [-0.3, -0.25) is 0 Å². The zero-order chi connectivity index (χ0) is 21.0. The van der Waals surface area contributed by atoms with Gasteiger partial charge in [-0.2, -0.15) is 0 Å². The van der Waals surface area contributed by atoms with Crippen LogP contribution in [0.5, 0.6) is 11.5 Å². The predicted octanol–water partition coefficient (Wildman–Crippen LogP) is 4.74. The Morgan fingerprint density at radius 1 is 0.966 bits per heavy atom. The highest BCUT2D eigenvalue weighted by Gasteiger charge is 2.15. The zero-order valence-electron chi connectivity index (χ0n) is 17.5. The molecule has 152 valence electrons. The number of para-hydroxylation sites is 2. The molecule has 0 aliphatic carbocycles. The van der Waals surface area contributed by atoms with Crippen molar-refractivity contribution in [3.8, 4) is 17.2 Å². The van der Waals surface area contributed by atoms with Gasteiger partial charge in [0.1, 0.15) is 11.5 Å². The number of rotatable bonds is 6. The van der Waals surface area contributed by atoms with Crippen LogP contribution in [0.2, 0.25) is 0 Å². The average Bonchev–Trinajstić information content (AvgIpc) is 2.99. The standard InChI is InChI=1S/C23H27N3O3/c1-15-10-11-21(28-4)19(12-15)25-23(27)24-14-18-13-16(2)26(17(18)3)20-8-6-7-9-22(20)29-5/h6-13H,14H2,1-5H3,(H2,24,25,27). The van der Waals surface area contributed by atoms with E-state index in [1.165, 1.54) is 0 Å². The Bertz CT molecular complexity index is 1020. The van der Waals surface area contributed by atoms with E-state index >= 15 is 0 Å². The van der Waals surface area contributed by atoms with E-state index in [4.69, 9.17) is 9.47 Å². The number of benzene rings is 2. The lowest BCUT2D eigenvalue weighted by Gasteiger charge is -2.14. The summed E-state index contributed by atoms with van der Waals surface area (Å²) >= 11 is 0. The molecule has 1 heterocycles. The van der Waals surface area contributed by atoms with Crippen LogP contribution in [0.25, 0.3) is 5.69 Å². The first-order chi connectivity index (χ1) is 13.9. The number of nitrogens with one attached hydrogen (secondary N) is 2. The molecule has 2 amide bonds. The zero-order valence-corrected chi connectivity index (χ0v) is 17.5. The fourth-order valence-corrected chi connectivity index (χ4v) is 3.45. The molecule has 6 heteroatoms. The van der Waals surface area contributed by atoms with Gasteiger partial charge >= 0.3 is 6.03 Å². The third kappa shape index (κ3) is 4.37. The van der Waals surface area contributed by atoms with Crippen LogP contribution in [0.3, 0.4) is 0 Å². The fraction of sp³-hybridized carbons (Fsp3) is 0.261. The minimum absolute atomic E-state index is 0.281. The summed E-state index contributed by atoms with van der Waals surface area (Å²) in [7, 11) is 3.25. The number of ether oxygens (including phenoxy) is 2. The number of carbonyl (C=O) groups is 1. The molecule has 2 aromatic carbocycles. The van der Waals surface area contributed by atoms with Crippen LogP contribution in [0.4, 0.5) is 10.5 Å². The quantitative estimate of drug-likeness (QED) is 0.636. The molecular weight excluding hydrogens is 366 g/mol. The highest BCUT2D eigenvalue weighted by Crippen LogP contribution is 2.28. The molecule has 29 heavy (non-hydrogen) atoms. The maximum Gasteiger partial charge on any atom is 0.319 e. The van der Waals surface area contributed by atoms with Gasteiger partial charge in [-0.1, -0.05) is 18.2 Å². The molecule has 0 atom stereocenters. The minimum atomic E-state index is -0.281. The predicted molar refractivity (Wildman–Crippen MR) is 115 cm³/mol. The van der Waals surface area contributed by atoms with Crippen molar-refractivity contribution in [3.63, 3.8) is 0 Å². The Morgan fingerprint density at radius 3 is 2.41 bits per heavy atom. The molecule has 0 saturated heterocycles. The van der Waals surface area contributed by atoms with Crippen LogP contribution in [0.15, 0.2) is 48.5 Å². The normalized spacial score (nSPS) is 10.5. The van der Waals surface area contributed by atoms with Gasteiger partial charge in [-0.15, -0.1) is 0 Å². The Balaban J connectivity index is 1.75. The number of nitrogens with zero attached hydrogens (tertiary/aromatic N) is 1. The van der Waals surface area contributed by atoms with E-state index in [-0.39, 0.29) is 6.03 Å². The van der Waals surface area contributed by atoms with E-state index in [0.717, 1.165) is 34.0 Å². The van der Waals surface area contributed by atoms with Crippen molar-refractivity contribution >= 4 is 11.7 Å². The number of methoxy groups -OCH3 is 2. The van der Waals surface area contributed by atoms with Crippen molar-refractivity contribution in [1.29, 1.82) is 0 Å². The van der Waals surface area contributed by atoms with E-state index < -0.39 is 0 Å². The second kappa shape index (κ2) is 8.73. The topological polar surface area (TPSA) is 64.5 Å². The molecule has 0 fully saturated rings. The molecule has 1 aromatic heterocycles. The largest absolute Gasteiger partial charge is 0.495 e. The Labute approximate surface area is 171 Å². The average molecular weight is 393 g/mol. The van der Waals surface area contributed by atoms with Crippen molar-refractivity contribution in [2.75, 3.05) is 19.5 Å². The molecule has 3 aromatic rings. The van der Waals surface area contributed by atoms with Crippen LogP contribution in [0, 0.1) is 20.8 Å². The molecule has 0 unspecified atom stereocenters. The number of carbonyl (C=O) groups excluding carboxylic acids is 1. The SMILES string of the molecule is COc1ccc(C)cc1NC(=O)NCc1cc(C)n(-c2ccccc2OC)c1C. The maximum absolute atomic E-state index is 12.4. The Kier molecular flexibility index (Phi) is 6.12. The number of hydrogen-bond donors (Lipinski definition) is 2. The lowest BCUT2D eigenvalue weighted by Crippen LogP contribution is -2.28. The van der Waals surface area contributed by atoms with Crippen LogP contribution in [0.1, 0.15) is 22.5 Å². The molecule has 0 saturated carbocycles. The third-order valence-electron chi connectivity index (χ3n) is 4.90. The number of urea groups is 1. The van der Waals surface area contributed by atoms with E-state index in [1.807, 2.05) is 63.2 Å². The van der Waals surface area contributed by atoms with Crippen molar-refractivity contribution in [3.05, 3.63) is 71.0 Å². The Hall–Kier alpha value is -3.41. The fourth-order valence-electron chi connectivity index (χ4n) is 3.45. The first-order valence-electron chi connectivity index (χ1n) is 9.45. The summed E-state index contributed by atoms with van der Waals surface area (Å²) in [6.07, 6.45) is 0. The summed E-state index contributed by atoms with van der Waals surface area (Å²) in [6, 6.07) is 15.3. The first kappa shape index (κ1) is 20.3. The number of amides is 2. The smallest absolute Gasteiger partial charge is 0.319 e. The lowest BCUT2D eigenvalue weighted by molar-refractivity contribution is 0.251. The molecule has 0 aliphatic rings. The third-order valence-corrected chi connectivity index (χ3v) is 4.90. The van der Waals surface area contributed by atoms with Gasteiger partial charge in [0.25, 0.3) is 0 Å². The second-order valence-electron chi connectivity index (χ2n) is 6.92. The van der Waals surface area contributed by atoms with Gasteiger partial charge < -0.3 is 24.7 Å². The molecule has 0 radical (unpaired) electrons. The van der Waals surface area contributed by atoms with E-state index in [9.17, 15) is 4.79 Å². The highest BCUT2D eigenvalue weighted by molar-refractivity contribution is 5.91. The number of hydrogen-bond acceptors (Lipinski definition) is 3. The van der Waals surface area contributed by atoms with E-state index in [2.05, 4.69) is 21.3 Å². The van der Waals surface area contributed by atoms with Gasteiger partial charge in [0, 0.05) is 17.9 Å². The Morgan fingerprint density at radius 2 is 1.69 bits per heavy atom. The first-order valence-corrected chi connectivity index (χ1v) is 9.45. The van der Waals surface area contributed by atoms with Crippen LogP contribution in [-0.4, -0.2) is 24.8 Å². The molecule has 0 spiro atoms. The lowest BCUT2D eigenvalue weighted by atomic mass is 10.2. The van der Waals surface area contributed by atoms with Gasteiger partial charge in [0.15, 0.2) is 0 Å². The van der Waals surface area contributed by atoms with Crippen LogP contribution in [-0.2, 0) is 6.54 Å². The van der Waals surface area contributed by atoms with Gasteiger partial charge in [-0.25, -0.2) is 4.79 Å². The summed E-state index contributed by atoms with van der Waals surface area (Å²) < 4.78 is 13.0. The molecule has 0 aliphatic heterocycles. The van der Waals surface area contributed by atoms with Gasteiger partial charge in [0.2, 0.25) is 0 Å². The van der Waals surface area contributed by atoms with Gasteiger partial charge in [-0.05, 0) is 62.2 Å². The number of aromatic nitrogens is 1. The monoisotopic (exact) mass is 393 g/mol. The summed E-state index contributed by atoms with van der Waals surface area (Å²) in [5.41, 5.74) is 5.83. The molecule has 6 nitrogen and oxygen atoms in total. The molecule has 2 N–H and O–H groups in total. The summed E-state index contributed by atoms with van der Waals surface area (Å²) in [6.45, 7) is 6.46. The minimum Gasteiger partial charge on any atom is -0.495 e. The van der Waals surface area contributed by atoms with Gasteiger partial charge in [0.05, 0.1) is 25.6 Å². The number of aryl methyl sites for hydroxylation is 2. The maximum atomic E-state index is 12.4. The number of anilines is 1. The summed E-state index contributed by atoms with van der Waals surface area (Å²) in [4.78, 5) is 12.4. The summed E-state index contributed by atoms with van der Waals surface area (Å²) in [5.74, 6) is 1.43. The van der Waals surface area contributed by atoms with Crippen molar-refractivity contribution < 1.29 is 14.3 Å². The molecule has 0 bridgehead atoms. The van der Waals surface area contributed by atoms with Crippen molar-refractivity contribution in [2.24, 2.45) is 0 Å². The molecule has 3 rings (SSSR count). The van der Waals surface area contributed by atoms with Crippen molar-refractivity contribution in [2.45, 2.75) is 27.3 Å². The van der Waals surface area contributed by atoms with Crippen molar-refractivity contribution in [1.82, 2.24) is 9.88 Å². The van der Waals surface area contributed by atoms with E-state index in [1.54, 1.807) is 14.2 Å². The van der Waals surface area contributed by atoms with Crippen LogP contribution < -0.4 is 20.1 Å². The highest BCUT2D eigenvalue weighted by atomic mass is 16.5. The second-order valence-corrected chi connectivity index (χ2v) is 6.92. The summed E-state index contributed by atoms with van der Waals surface area (Å²) in [5, 5.41) is 5.79. The van der Waals surface area contributed by atoms with Crippen LogP contribution >= 0.6 is 0 Å². The van der Waals surface area contributed by atoms with E-state index in [0.29, 0.717) is 18.0 Å².